The van der Waals surface area contributed by atoms with Crippen molar-refractivity contribution in [2.45, 2.75) is 13.3 Å². The van der Waals surface area contributed by atoms with Crippen molar-refractivity contribution in [1.29, 1.82) is 0 Å². The largest absolute Gasteiger partial charge is 0.466 e. The van der Waals surface area contributed by atoms with Gasteiger partial charge >= 0.3 is 5.97 Å². The second-order valence-corrected chi connectivity index (χ2v) is 3.52. The highest BCUT2D eigenvalue weighted by Crippen LogP contribution is 2.16. The van der Waals surface area contributed by atoms with Gasteiger partial charge in [-0.3, -0.25) is 4.79 Å². The van der Waals surface area contributed by atoms with Crippen molar-refractivity contribution in [3.8, 4) is 0 Å². The number of thioether (sulfide) groups is 1. The lowest BCUT2D eigenvalue weighted by atomic mass is 10.2. The summed E-state index contributed by atoms with van der Waals surface area (Å²) in [5.74, 6) is 0.527. The SMILES string of the molecule is CCOC(=O)CC1=CN=C(N)SC1.Cl. The first kappa shape index (κ1) is 13.3. The molecule has 0 amide bonds. The molecule has 0 aromatic carbocycles. The Balaban J connectivity index is 0.00000169. The standard InChI is InChI=1S/C8H12N2O2S.ClH/c1-2-12-7(11)3-6-4-10-8(9)13-5-6;/h4H,2-3,5H2,1H3,(H2,9,10);1H. The number of carbonyl (C=O) groups is 1. The third kappa shape index (κ3) is 4.53. The molecule has 0 unspecified atom stereocenters. The molecular weight excluding hydrogens is 224 g/mol. The smallest absolute Gasteiger partial charge is 0.309 e. The quantitative estimate of drug-likeness (QED) is 0.751. The molecule has 0 saturated heterocycles. The number of hydrogen-bond donors (Lipinski definition) is 1. The molecule has 1 heterocycles. The predicted octanol–water partition coefficient (Wildman–Crippen LogP) is 1.31. The van der Waals surface area contributed by atoms with Crippen LogP contribution < -0.4 is 5.73 Å². The van der Waals surface area contributed by atoms with Gasteiger partial charge in [-0.2, -0.15) is 0 Å². The van der Waals surface area contributed by atoms with Gasteiger partial charge < -0.3 is 10.5 Å². The van der Waals surface area contributed by atoms with Crippen molar-refractivity contribution < 1.29 is 9.53 Å². The lowest BCUT2D eigenvalue weighted by Gasteiger charge is -2.09. The summed E-state index contributed by atoms with van der Waals surface area (Å²) in [5.41, 5.74) is 6.39. The molecule has 1 aliphatic rings. The number of hydrogen-bond acceptors (Lipinski definition) is 5. The zero-order valence-corrected chi connectivity index (χ0v) is 9.49. The Morgan fingerprint density at radius 3 is 3.00 bits per heavy atom. The third-order valence-electron chi connectivity index (χ3n) is 1.46. The number of halogens is 1. The normalized spacial score (nSPS) is 14.9. The molecule has 0 atom stereocenters. The van der Waals surface area contributed by atoms with Gasteiger partial charge in [-0.25, -0.2) is 4.99 Å². The molecule has 2 N–H and O–H groups in total. The number of esters is 1. The molecular formula is C8H13ClN2O2S. The van der Waals surface area contributed by atoms with Crippen LogP contribution in [0.1, 0.15) is 13.3 Å². The second kappa shape index (κ2) is 6.73. The molecule has 0 aromatic rings. The van der Waals surface area contributed by atoms with Gasteiger partial charge in [0.2, 0.25) is 0 Å². The molecule has 0 aromatic heterocycles. The molecule has 1 aliphatic heterocycles. The summed E-state index contributed by atoms with van der Waals surface area (Å²) in [6.45, 7) is 2.21. The van der Waals surface area contributed by atoms with E-state index in [-0.39, 0.29) is 18.4 Å². The van der Waals surface area contributed by atoms with Gasteiger partial charge in [-0.05, 0) is 12.5 Å². The molecule has 0 saturated carbocycles. The molecule has 0 fully saturated rings. The Kier molecular flexibility index (Phi) is 6.40. The van der Waals surface area contributed by atoms with E-state index in [4.69, 9.17) is 10.5 Å². The van der Waals surface area contributed by atoms with Crippen LogP contribution in [-0.2, 0) is 9.53 Å². The van der Waals surface area contributed by atoms with Crippen molar-refractivity contribution >= 4 is 35.3 Å². The highest BCUT2D eigenvalue weighted by atomic mass is 35.5. The van der Waals surface area contributed by atoms with E-state index in [9.17, 15) is 4.79 Å². The molecule has 1 rings (SSSR count). The maximum absolute atomic E-state index is 11.0. The Labute approximate surface area is 93.4 Å². The first-order valence-corrected chi connectivity index (χ1v) is 5.00. The van der Waals surface area contributed by atoms with Gasteiger partial charge in [-0.1, -0.05) is 11.8 Å². The second-order valence-electron chi connectivity index (χ2n) is 2.53. The molecule has 14 heavy (non-hydrogen) atoms. The average molecular weight is 237 g/mol. The average Bonchev–Trinajstić information content (AvgIpc) is 2.09. The van der Waals surface area contributed by atoms with E-state index >= 15 is 0 Å². The molecule has 0 bridgehead atoms. The summed E-state index contributed by atoms with van der Waals surface area (Å²) in [6.07, 6.45) is 1.96. The minimum Gasteiger partial charge on any atom is -0.466 e. The van der Waals surface area contributed by atoms with Crippen LogP contribution in [0, 0.1) is 0 Å². The van der Waals surface area contributed by atoms with E-state index in [0.717, 1.165) is 11.3 Å². The van der Waals surface area contributed by atoms with Crippen LogP contribution in [0.4, 0.5) is 0 Å². The van der Waals surface area contributed by atoms with E-state index in [1.54, 1.807) is 13.1 Å². The summed E-state index contributed by atoms with van der Waals surface area (Å²) >= 11 is 1.44. The lowest BCUT2D eigenvalue weighted by Crippen LogP contribution is -2.13. The fourth-order valence-electron chi connectivity index (χ4n) is 0.890. The van der Waals surface area contributed by atoms with Gasteiger partial charge in [0, 0.05) is 12.0 Å². The number of amidine groups is 1. The van der Waals surface area contributed by atoms with Gasteiger partial charge in [-0.15, -0.1) is 12.4 Å². The Morgan fingerprint density at radius 1 is 1.79 bits per heavy atom. The van der Waals surface area contributed by atoms with E-state index in [2.05, 4.69) is 4.99 Å². The van der Waals surface area contributed by atoms with Crippen LogP contribution in [0.3, 0.4) is 0 Å². The molecule has 0 spiro atoms. The first-order chi connectivity index (χ1) is 6.22. The number of carbonyl (C=O) groups excluding carboxylic acids is 1. The fourth-order valence-corrected chi connectivity index (χ4v) is 1.53. The Hall–Kier alpha value is -0.680. The number of nitrogens with zero attached hydrogens (tertiary/aromatic N) is 1. The van der Waals surface area contributed by atoms with Gasteiger partial charge in [0.25, 0.3) is 0 Å². The van der Waals surface area contributed by atoms with Gasteiger partial charge in [0.1, 0.15) is 0 Å². The zero-order chi connectivity index (χ0) is 9.68. The van der Waals surface area contributed by atoms with Crippen LogP contribution in [0.25, 0.3) is 0 Å². The van der Waals surface area contributed by atoms with Crippen LogP contribution in [-0.4, -0.2) is 23.5 Å². The predicted molar refractivity (Wildman–Crippen MR) is 60.7 cm³/mol. The van der Waals surface area contributed by atoms with Crippen LogP contribution in [0.15, 0.2) is 16.8 Å². The molecule has 6 heteroatoms. The minimum atomic E-state index is -0.204. The van der Waals surface area contributed by atoms with Crippen LogP contribution in [0.2, 0.25) is 0 Å². The zero-order valence-electron chi connectivity index (χ0n) is 7.86. The van der Waals surface area contributed by atoms with Gasteiger partial charge in [0.15, 0.2) is 5.17 Å². The third-order valence-corrected chi connectivity index (χ3v) is 2.37. The summed E-state index contributed by atoms with van der Waals surface area (Å²) in [4.78, 5) is 15.0. The Morgan fingerprint density at radius 2 is 2.50 bits per heavy atom. The van der Waals surface area contributed by atoms with E-state index in [1.807, 2.05) is 0 Å². The van der Waals surface area contributed by atoms with Crippen LogP contribution >= 0.6 is 24.2 Å². The van der Waals surface area contributed by atoms with Crippen molar-refractivity contribution in [1.82, 2.24) is 0 Å². The van der Waals surface area contributed by atoms with Crippen molar-refractivity contribution in [2.24, 2.45) is 10.7 Å². The summed E-state index contributed by atoms with van der Waals surface area (Å²) < 4.78 is 4.80. The fraction of sp³-hybridized carbons (Fsp3) is 0.500. The molecule has 0 radical (unpaired) electrons. The van der Waals surface area contributed by atoms with Gasteiger partial charge in [0.05, 0.1) is 13.0 Å². The highest BCUT2D eigenvalue weighted by Gasteiger charge is 2.10. The van der Waals surface area contributed by atoms with Crippen molar-refractivity contribution in [2.75, 3.05) is 12.4 Å². The number of rotatable bonds is 3. The van der Waals surface area contributed by atoms with E-state index < -0.39 is 0 Å². The molecule has 0 aliphatic carbocycles. The topological polar surface area (TPSA) is 64.7 Å². The molecule has 4 nitrogen and oxygen atoms in total. The maximum Gasteiger partial charge on any atom is 0.309 e. The first-order valence-electron chi connectivity index (χ1n) is 4.02. The summed E-state index contributed by atoms with van der Waals surface area (Å²) in [7, 11) is 0. The molecule has 80 valence electrons. The number of aliphatic imine (C=N–C) groups is 1. The maximum atomic E-state index is 11.0. The van der Waals surface area contributed by atoms with Crippen molar-refractivity contribution in [3.05, 3.63) is 11.8 Å². The van der Waals surface area contributed by atoms with Crippen molar-refractivity contribution in [3.63, 3.8) is 0 Å². The summed E-state index contributed by atoms with van der Waals surface area (Å²) in [5, 5.41) is 0.549. The van der Waals surface area contributed by atoms with E-state index in [1.165, 1.54) is 11.8 Å². The highest BCUT2D eigenvalue weighted by molar-refractivity contribution is 8.14. The minimum absolute atomic E-state index is 0. The monoisotopic (exact) mass is 236 g/mol. The Bertz CT molecular complexity index is 266. The number of ether oxygens (including phenoxy) is 1. The van der Waals surface area contributed by atoms with Crippen LogP contribution in [0.5, 0.6) is 0 Å². The number of nitrogens with two attached hydrogens (primary N) is 1. The summed E-state index contributed by atoms with van der Waals surface area (Å²) in [6, 6.07) is 0. The lowest BCUT2D eigenvalue weighted by molar-refractivity contribution is -0.142. The van der Waals surface area contributed by atoms with E-state index in [0.29, 0.717) is 18.2 Å².